The van der Waals surface area contributed by atoms with Crippen LogP contribution in [0.3, 0.4) is 0 Å². The molecular formula is C18H18N4O2. The van der Waals surface area contributed by atoms with Crippen molar-refractivity contribution < 1.29 is 9.21 Å². The summed E-state index contributed by atoms with van der Waals surface area (Å²) in [6.07, 6.45) is 0.617. The number of anilines is 2. The van der Waals surface area contributed by atoms with E-state index in [1.807, 2.05) is 54.6 Å². The lowest BCUT2D eigenvalue weighted by Gasteiger charge is -2.06. The summed E-state index contributed by atoms with van der Waals surface area (Å²) in [7, 11) is 0. The maximum absolute atomic E-state index is 11.1. The second-order valence-electron chi connectivity index (χ2n) is 5.37. The molecule has 0 aliphatic carbocycles. The fourth-order valence-electron chi connectivity index (χ4n) is 2.29. The highest BCUT2D eigenvalue weighted by Crippen LogP contribution is 2.16. The van der Waals surface area contributed by atoms with E-state index in [9.17, 15) is 4.79 Å². The van der Waals surface area contributed by atoms with Gasteiger partial charge >= 0.3 is 0 Å². The molecule has 24 heavy (non-hydrogen) atoms. The molecule has 0 unspecified atom stereocenters. The highest BCUT2D eigenvalue weighted by atomic mass is 16.4. The molecule has 1 amide bonds. The SMILES string of the molecule is CC(=O)Nc1cccc(NCc2nnc(Cc3ccccc3)o2)c1. The van der Waals surface area contributed by atoms with E-state index in [1.165, 1.54) is 6.92 Å². The quantitative estimate of drug-likeness (QED) is 0.728. The molecule has 3 aromatic rings. The predicted molar refractivity (Wildman–Crippen MR) is 91.6 cm³/mol. The van der Waals surface area contributed by atoms with Crippen molar-refractivity contribution in [2.24, 2.45) is 0 Å². The van der Waals surface area contributed by atoms with Gasteiger partial charge in [0.15, 0.2) is 0 Å². The summed E-state index contributed by atoms with van der Waals surface area (Å²) in [4.78, 5) is 11.1. The number of rotatable bonds is 6. The molecule has 0 radical (unpaired) electrons. The van der Waals surface area contributed by atoms with Crippen LogP contribution in [0.2, 0.25) is 0 Å². The fourth-order valence-corrected chi connectivity index (χ4v) is 2.29. The summed E-state index contributed by atoms with van der Waals surface area (Å²) in [5.41, 5.74) is 2.73. The third kappa shape index (κ3) is 4.42. The first kappa shape index (κ1) is 15.7. The highest BCUT2D eigenvalue weighted by Gasteiger charge is 2.07. The number of nitrogens with zero attached hydrogens (tertiary/aromatic N) is 2. The van der Waals surface area contributed by atoms with Crippen LogP contribution >= 0.6 is 0 Å². The predicted octanol–water partition coefficient (Wildman–Crippen LogP) is 3.23. The van der Waals surface area contributed by atoms with Crippen molar-refractivity contribution in [3.05, 3.63) is 71.9 Å². The van der Waals surface area contributed by atoms with Gasteiger partial charge in [0, 0.05) is 18.3 Å². The molecule has 6 nitrogen and oxygen atoms in total. The van der Waals surface area contributed by atoms with Gasteiger partial charge in [0.2, 0.25) is 17.7 Å². The second-order valence-corrected chi connectivity index (χ2v) is 5.37. The maximum Gasteiger partial charge on any atom is 0.235 e. The molecule has 0 spiro atoms. The van der Waals surface area contributed by atoms with Crippen molar-refractivity contribution >= 4 is 17.3 Å². The minimum absolute atomic E-state index is 0.102. The third-order valence-corrected chi connectivity index (χ3v) is 3.33. The Balaban J connectivity index is 1.58. The zero-order chi connectivity index (χ0) is 16.8. The minimum Gasteiger partial charge on any atom is -0.423 e. The van der Waals surface area contributed by atoms with Crippen LogP contribution in [0, 0.1) is 0 Å². The van der Waals surface area contributed by atoms with Crippen LogP contribution in [-0.4, -0.2) is 16.1 Å². The summed E-state index contributed by atoms with van der Waals surface area (Å²) in [5, 5.41) is 14.1. The van der Waals surface area contributed by atoms with Gasteiger partial charge in [0.25, 0.3) is 0 Å². The number of aromatic nitrogens is 2. The van der Waals surface area contributed by atoms with Crippen molar-refractivity contribution in [1.29, 1.82) is 0 Å². The first-order chi connectivity index (χ1) is 11.7. The second kappa shape index (κ2) is 7.41. The Labute approximate surface area is 139 Å². The Hall–Kier alpha value is -3.15. The van der Waals surface area contributed by atoms with Gasteiger partial charge in [-0.25, -0.2) is 0 Å². The lowest BCUT2D eigenvalue weighted by atomic mass is 10.2. The Bertz CT molecular complexity index is 815. The first-order valence-electron chi connectivity index (χ1n) is 7.66. The summed E-state index contributed by atoms with van der Waals surface area (Å²) in [6.45, 7) is 1.90. The van der Waals surface area contributed by atoms with Gasteiger partial charge in [-0.2, -0.15) is 0 Å². The van der Waals surface area contributed by atoms with E-state index in [0.29, 0.717) is 24.7 Å². The average Bonchev–Trinajstić information content (AvgIpc) is 3.01. The molecule has 1 heterocycles. The number of carbonyl (C=O) groups is 1. The lowest BCUT2D eigenvalue weighted by molar-refractivity contribution is -0.114. The number of amides is 1. The van der Waals surface area contributed by atoms with Crippen LogP contribution in [0.1, 0.15) is 24.3 Å². The van der Waals surface area contributed by atoms with Crippen molar-refractivity contribution in [3.63, 3.8) is 0 Å². The van der Waals surface area contributed by atoms with E-state index in [1.54, 1.807) is 0 Å². The molecule has 3 rings (SSSR count). The number of hydrogen-bond donors (Lipinski definition) is 2. The molecule has 1 aromatic heterocycles. The topological polar surface area (TPSA) is 80.0 Å². The monoisotopic (exact) mass is 322 g/mol. The van der Waals surface area contributed by atoms with Crippen molar-refractivity contribution in [1.82, 2.24) is 10.2 Å². The molecule has 0 aliphatic rings. The standard InChI is InChI=1S/C18H18N4O2/c1-13(23)20-16-9-5-8-15(11-16)19-12-18-22-21-17(24-18)10-14-6-3-2-4-7-14/h2-9,11,19H,10,12H2,1H3,(H,20,23). The van der Waals surface area contributed by atoms with Crippen LogP contribution in [0.5, 0.6) is 0 Å². The summed E-state index contributed by atoms with van der Waals surface area (Å²) in [5.74, 6) is 1.01. The molecule has 6 heteroatoms. The van der Waals surface area contributed by atoms with Crippen LogP contribution in [0.4, 0.5) is 11.4 Å². The molecule has 0 saturated carbocycles. The molecule has 0 aliphatic heterocycles. The van der Waals surface area contributed by atoms with E-state index in [0.717, 1.165) is 16.9 Å². The Morgan fingerprint density at radius 3 is 2.54 bits per heavy atom. The van der Waals surface area contributed by atoms with E-state index in [4.69, 9.17) is 4.42 Å². The van der Waals surface area contributed by atoms with Crippen LogP contribution in [-0.2, 0) is 17.8 Å². The van der Waals surface area contributed by atoms with Gasteiger partial charge in [0.05, 0.1) is 13.0 Å². The van der Waals surface area contributed by atoms with Gasteiger partial charge in [0.1, 0.15) is 0 Å². The van der Waals surface area contributed by atoms with Gasteiger partial charge < -0.3 is 15.1 Å². The molecule has 0 bridgehead atoms. The normalized spacial score (nSPS) is 10.4. The van der Waals surface area contributed by atoms with Crippen LogP contribution < -0.4 is 10.6 Å². The minimum atomic E-state index is -0.102. The zero-order valence-corrected chi connectivity index (χ0v) is 13.3. The Morgan fingerprint density at radius 2 is 1.75 bits per heavy atom. The largest absolute Gasteiger partial charge is 0.423 e. The molecule has 0 saturated heterocycles. The van der Waals surface area contributed by atoms with E-state index < -0.39 is 0 Å². The van der Waals surface area contributed by atoms with Gasteiger partial charge in [-0.15, -0.1) is 10.2 Å². The Morgan fingerprint density at radius 1 is 1.00 bits per heavy atom. The fraction of sp³-hybridized carbons (Fsp3) is 0.167. The van der Waals surface area contributed by atoms with E-state index in [-0.39, 0.29) is 5.91 Å². The smallest absolute Gasteiger partial charge is 0.235 e. The van der Waals surface area contributed by atoms with Gasteiger partial charge in [-0.05, 0) is 23.8 Å². The number of benzene rings is 2. The Kier molecular flexibility index (Phi) is 4.86. The van der Waals surface area contributed by atoms with Crippen molar-refractivity contribution in [3.8, 4) is 0 Å². The van der Waals surface area contributed by atoms with Crippen LogP contribution in [0.25, 0.3) is 0 Å². The molecule has 122 valence electrons. The maximum atomic E-state index is 11.1. The molecule has 2 aromatic carbocycles. The zero-order valence-electron chi connectivity index (χ0n) is 13.3. The van der Waals surface area contributed by atoms with Crippen molar-refractivity contribution in [2.45, 2.75) is 19.9 Å². The molecular weight excluding hydrogens is 304 g/mol. The average molecular weight is 322 g/mol. The van der Waals surface area contributed by atoms with E-state index >= 15 is 0 Å². The molecule has 0 atom stereocenters. The summed E-state index contributed by atoms with van der Waals surface area (Å²) in [6, 6.07) is 17.4. The number of nitrogens with one attached hydrogen (secondary N) is 2. The lowest BCUT2D eigenvalue weighted by Crippen LogP contribution is -2.06. The van der Waals surface area contributed by atoms with Crippen molar-refractivity contribution in [2.75, 3.05) is 10.6 Å². The molecule has 0 fully saturated rings. The summed E-state index contributed by atoms with van der Waals surface area (Å²) < 4.78 is 5.65. The van der Waals surface area contributed by atoms with E-state index in [2.05, 4.69) is 20.8 Å². The summed E-state index contributed by atoms with van der Waals surface area (Å²) >= 11 is 0. The first-order valence-corrected chi connectivity index (χ1v) is 7.66. The van der Waals surface area contributed by atoms with Crippen LogP contribution in [0.15, 0.2) is 59.0 Å². The van der Waals surface area contributed by atoms with Gasteiger partial charge in [-0.3, -0.25) is 4.79 Å². The number of carbonyl (C=O) groups excluding carboxylic acids is 1. The van der Waals surface area contributed by atoms with Gasteiger partial charge in [-0.1, -0.05) is 36.4 Å². The highest BCUT2D eigenvalue weighted by molar-refractivity contribution is 5.89. The molecule has 2 N–H and O–H groups in total. The third-order valence-electron chi connectivity index (χ3n) is 3.33. The number of hydrogen-bond acceptors (Lipinski definition) is 5.